The van der Waals surface area contributed by atoms with Crippen molar-refractivity contribution in [3.05, 3.63) is 35.9 Å². The van der Waals surface area contributed by atoms with Gasteiger partial charge in [-0.05, 0) is 12.0 Å². The Morgan fingerprint density at radius 3 is 2.27 bits per heavy atom. The highest BCUT2D eigenvalue weighted by atomic mass is 16.3. The van der Waals surface area contributed by atoms with Crippen molar-refractivity contribution in [3.63, 3.8) is 0 Å². The van der Waals surface area contributed by atoms with Gasteiger partial charge in [0, 0.05) is 19.6 Å². The van der Waals surface area contributed by atoms with Crippen LogP contribution in [0.3, 0.4) is 0 Å². The first-order chi connectivity index (χ1) is 7.25. The first-order valence-corrected chi connectivity index (χ1v) is 5.38. The molecule has 1 aromatic rings. The number of hydrogen-bond donors (Lipinski definition) is 2. The maximum Gasteiger partial charge on any atom is 0.0938 e. The average molecular weight is 207 g/mol. The van der Waals surface area contributed by atoms with Gasteiger partial charge in [-0.25, -0.2) is 0 Å². The number of nitrogens with zero attached hydrogens (tertiary/aromatic N) is 1. The standard InChI is InChI=1S/C12H17NO2/c14-11-8-13(9-12(11)15)7-6-10-4-2-1-3-5-10/h1-5,11-12,14-15H,6-9H2. The minimum absolute atomic E-state index is 0.569. The van der Waals surface area contributed by atoms with Crippen LogP contribution in [0.5, 0.6) is 0 Å². The molecule has 0 radical (unpaired) electrons. The molecule has 1 aromatic carbocycles. The van der Waals surface area contributed by atoms with Crippen LogP contribution in [0, 0.1) is 0 Å². The topological polar surface area (TPSA) is 43.7 Å². The van der Waals surface area contributed by atoms with Gasteiger partial charge >= 0.3 is 0 Å². The second-order valence-corrected chi connectivity index (χ2v) is 4.13. The van der Waals surface area contributed by atoms with Crippen LogP contribution in [0.2, 0.25) is 0 Å². The van der Waals surface area contributed by atoms with Crippen LogP contribution in [0.15, 0.2) is 30.3 Å². The van der Waals surface area contributed by atoms with Gasteiger partial charge in [-0.3, -0.25) is 4.90 Å². The molecule has 15 heavy (non-hydrogen) atoms. The lowest BCUT2D eigenvalue weighted by molar-refractivity contribution is 0.0572. The third kappa shape index (κ3) is 2.78. The summed E-state index contributed by atoms with van der Waals surface area (Å²) in [7, 11) is 0. The predicted octanol–water partition coefficient (Wildman–Crippen LogP) is 0.267. The first-order valence-electron chi connectivity index (χ1n) is 5.38. The molecule has 1 aliphatic rings. The van der Waals surface area contributed by atoms with Gasteiger partial charge in [-0.1, -0.05) is 30.3 Å². The highest BCUT2D eigenvalue weighted by Gasteiger charge is 2.28. The van der Waals surface area contributed by atoms with Crippen LogP contribution < -0.4 is 0 Å². The van der Waals surface area contributed by atoms with E-state index < -0.39 is 12.2 Å². The third-order valence-electron chi connectivity index (χ3n) is 2.89. The molecule has 2 unspecified atom stereocenters. The molecule has 2 atom stereocenters. The smallest absolute Gasteiger partial charge is 0.0938 e. The molecule has 0 spiro atoms. The maximum atomic E-state index is 9.37. The lowest BCUT2D eigenvalue weighted by Gasteiger charge is -2.14. The fourth-order valence-electron chi connectivity index (χ4n) is 1.96. The summed E-state index contributed by atoms with van der Waals surface area (Å²) in [5, 5.41) is 18.7. The molecule has 0 amide bonds. The van der Waals surface area contributed by atoms with E-state index in [0.29, 0.717) is 13.1 Å². The highest BCUT2D eigenvalue weighted by Crippen LogP contribution is 2.10. The number of aliphatic hydroxyl groups is 2. The normalized spacial score (nSPS) is 27.1. The van der Waals surface area contributed by atoms with E-state index in [1.807, 2.05) is 18.2 Å². The van der Waals surface area contributed by atoms with Gasteiger partial charge in [0.25, 0.3) is 0 Å². The zero-order valence-corrected chi connectivity index (χ0v) is 8.71. The minimum atomic E-state index is -0.569. The summed E-state index contributed by atoms with van der Waals surface area (Å²) >= 11 is 0. The Labute approximate surface area is 90.0 Å². The number of likely N-dealkylation sites (tertiary alicyclic amines) is 1. The van der Waals surface area contributed by atoms with Crippen LogP contribution in [0.1, 0.15) is 5.56 Å². The van der Waals surface area contributed by atoms with Crippen molar-refractivity contribution in [1.29, 1.82) is 0 Å². The SMILES string of the molecule is OC1CN(CCc2ccccc2)CC1O. The Kier molecular flexibility index (Phi) is 3.36. The van der Waals surface area contributed by atoms with E-state index in [0.717, 1.165) is 13.0 Å². The van der Waals surface area contributed by atoms with Crippen LogP contribution in [0.4, 0.5) is 0 Å². The van der Waals surface area contributed by atoms with Gasteiger partial charge in [0.05, 0.1) is 12.2 Å². The molecule has 0 saturated carbocycles. The summed E-state index contributed by atoms with van der Waals surface area (Å²) in [5.74, 6) is 0. The largest absolute Gasteiger partial charge is 0.389 e. The quantitative estimate of drug-likeness (QED) is 0.747. The van der Waals surface area contributed by atoms with Crippen molar-refractivity contribution < 1.29 is 10.2 Å². The lowest BCUT2D eigenvalue weighted by atomic mass is 10.1. The summed E-state index contributed by atoms with van der Waals surface area (Å²) in [6, 6.07) is 10.3. The number of hydrogen-bond acceptors (Lipinski definition) is 3. The molecule has 2 N–H and O–H groups in total. The van der Waals surface area contributed by atoms with E-state index in [2.05, 4.69) is 17.0 Å². The lowest BCUT2D eigenvalue weighted by Crippen LogP contribution is -2.24. The molecule has 1 saturated heterocycles. The molecule has 0 bridgehead atoms. The van der Waals surface area contributed by atoms with E-state index in [9.17, 15) is 10.2 Å². The van der Waals surface area contributed by atoms with Gasteiger partial charge < -0.3 is 10.2 Å². The van der Waals surface area contributed by atoms with Gasteiger partial charge in [-0.15, -0.1) is 0 Å². The van der Waals surface area contributed by atoms with Crippen molar-refractivity contribution in [3.8, 4) is 0 Å². The number of β-amino-alcohol motifs (C(OH)–C–C–N with tert-alkyl or cyclic N) is 2. The summed E-state index contributed by atoms with van der Waals surface area (Å²) in [6.45, 7) is 2.08. The van der Waals surface area contributed by atoms with E-state index in [1.54, 1.807) is 0 Å². The Morgan fingerprint density at radius 2 is 1.67 bits per heavy atom. The first kappa shape index (κ1) is 10.6. The molecular weight excluding hydrogens is 190 g/mol. The molecule has 0 aromatic heterocycles. The number of rotatable bonds is 3. The second-order valence-electron chi connectivity index (χ2n) is 4.13. The molecule has 0 aliphatic carbocycles. The Bertz CT molecular complexity index is 292. The molecule has 3 heteroatoms. The fraction of sp³-hybridized carbons (Fsp3) is 0.500. The third-order valence-corrected chi connectivity index (χ3v) is 2.89. The summed E-state index contributed by atoms with van der Waals surface area (Å²) < 4.78 is 0. The van der Waals surface area contributed by atoms with Crippen LogP contribution in [-0.4, -0.2) is 47.0 Å². The van der Waals surface area contributed by atoms with E-state index in [4.69, 9.17) is 0 Å². The van der Waals surface area contributed by atoms with E-state index >= 15 is 0 Å². The summed E-state index contributed by atoms with van der Waals surface area (Å²) in [4.78, 5) is 2.10. The number of aliphatic hydroxyl groups excluding tert-OH is 2. The molecule has 82 valence electrons. The van der Waals surface area contributed by atoms with Crippen molar-refractivity contribution in [2.75, 3.05) is 19.6 Å². The summed E-state index contributed by atoms with van der Waals surface area (Å²) in [6.07, 6.45) is -0.165. The van der Waals surface area contributed by atoms with Crippen LogP contribution >= 0.6 is 0 Å². The highest BCUT2D eigenvalue weighted by molar-refractivity contribution is 5.14. The zero-order valence-electron chi connectivity index (χ0n) is 8.71. The molecule has 1 fully saturated rings. The molecule has 3 nitrogen and oxygen atoms in total. The minimum Gasteiger partial charge on any atom is -0.389 e. The molecule has 1 aliphatic heterocycles. The Balaban J connectivity index is 1.80. The molecule has 2 rings (SSSR count). The molecular formula is C12H17NO2. The van der Waals surface area contributed by atoms with Crippen molar-refractivity contribution in [2.24, 2.45) is 0 Å². The monoisotopic (exact) mass is 207 g/mol. The maximum absolute atomic E-state index is 9.37. The average Bonchev–Trinajstić information content (AvgIpc) is 2.57. The van der Waals surface area contributed by atoms with Gasteiger partial charge in [0.1, 0.15) is 0 Å². The van der Waals surface area contributed by atoms with Gasteiger partial charge in [0.15, 0.2) is 0 Å². The number of benzene rings is 1. The van der Waals surface area contributed by atoms with Gasteiger partial charge in [-0.2, -0.15) is 0 Å². The zero-order chi connectivity index (χ0) is 10.7. The summed E-state index contributed by atoms with van der Waals surface area (Å²) in [5.41, 5.74) is 1.30. The second kappa shape index (κ2) is 4.75. The van der Waals surface area contributed by atoms with Gasteiger partial charge in [0.2, 0.25) is 0 Å². The Morgan fingerprint density at radius 1 is 1.07 bits per heavy atom. The van der Waals surface area contributed by atoms with E-state index in [1.165, 1.54) is 5.56 Å². The Hall–Kier alpha value is -0.900. The van der Waals surface area contributed by atoms with Crippen molar-refractivity contribution in [1.82, 2.24) is 4.90 Å². The molecule has 1 heterocycles. The predicted molar refractivity (Wildman–Crippen MR) is 58.6 cm³/mol. The van der Waals surface area contributed by atoms with Crippen LogP contribution in [-0.2, 0) is 6.42 Å². The van der Waals surface area contributed by atoms with Crippen molar-refractivity contribution in [2.45, 2.75) is 18.6 Å². The fourth-order valence-corrected chi connectivity index (χ4v) is 1.96. The van der Waals surface area contributed by atoms with Crippen molar-refractivity contribution >= 4 is 0 Å². The van der Waals surface area contributed by atoms with Crippen LogP contribution in [0.25, 0.3) is 0 Å². The van der Waals surface area contributed by atoms with E-state index in [-0.39, 0.29) is 0 Å².